The smallest absolute Gasteiger partial charge is 0.259 e. The lowest BCUT2D eigenvalue weighted by Gasteiger charge is -2.13. The number of rotatable bonds is 5. The SMILES string of the molecule is Cc1cc(F)c(C(=O)Nc2cccc(-c3nnc4n3CCC4)n2)cc1C1C=NC(C2CC2)=C1. The monoisotopic (exact) mass is 442 g/mol. The van der Waals surface area contributed by atoms with Crippen molar-refractivity contribution in [2.75, 3.05) is 5.32 Å². The van der Waals surface area contributed by atoms with E-state index in [9.17, 15) is 9.18 Å². The van der Waals surface area contributed by atoms with Crippen LogP contribution in [0.25, 0.3) is 11.5 Å². The normalized spacial score (nSPS) is 19.0. The highest BCUT2D eigenvalue weighted by atomic mass is 19.1. The standard InChI is InChI=1S/C25H23FN6O/c1-14-10-19(26)18(12-17(14)16-11-21(27-13-16)15-7-8-15)25(33)29-22-5-2-4-20(28-22)24-31-30-23-6-3-9-32(23)24/h2,4-5,10-13,15-16H,3,6-9H2,1H3,(H,28,29,33). The summed E-state index contributed by atoms with van der Waals surface area (Å²) < 4.78 is 16.8. The van der Waals surface area contributed by atoms with Gasteiger partial charge in [-0.3, -0.25) is 9.79 Å². The minimum atomic E-state index is -0.554. The molecule has 3 aliphatic rings. The van der Waals surface area contributed by atoms with Gasteiger partial charge in [-0.05, 0) is 67.7 Å². The summed E-state index contributed by atoms with van der Waals surface area (Å²) in [6.07, 6.45) is 8.30. The zero-order valence-electron chi connectivity index (χ0n) is 18.3. The molecule has 1 saturated carbocycles. The molecule has 2 aromatic heterocycles. The molecular formula is C25H23FN6O. The summed E-state index contributed by atoms with van der Waals surface area (Å²) in [6, 6.07) is 8.37. The van der Waals surface area contributed by atoms with Crippen molar-refractivity contribution in [1.29, 1.82) is 0 Å². The number of fused-ring (bicyclic) bond motifs is 1. The molecule has 0 bridgehead atoms. The molecule has 1 amide bonds. The summed E-state index contributed by atoms with van der Waals surface area (Å²) in [4.78, 5) is 22.1. The first-order valence-electron chi connectivity index (χ1n) is 11.3. The summed E-state index contributed by atoms with van der Waals surface area (Å²) in [7, 11) is 0. The Kier molecular flexibility index (Phi) is 4.67. The Balaban J connectivity index is 1.26. The molecule has 1 unspecified atom stereocenters. The molecule has 1 aromatic carbocycles. The Hall–Kier alpha value is -3.68. The zero-order valence-corrected chi connectivity index (χ0v) is 18.3. The van der Waals surface area contributed by atoms with Gasteiger partial charge in [0.15, 0.2) is 5.82 Å². The van der Waals surface area contributed by atoms with Crippen LogP contribution in [0.15, 0.2) is 47.1 Å². The Bertz CT molecular complexity index is 1340. The topological polar surface area (TPSA) is 85.1 Å². The number of carbonyl (C=O) groups excluding carboxylic acids is 1. The lowest BCUT2D eigenvalue weighted by Crippen LogP contribution is -2.16. The third-order valence-corrected chi connectivity index (χ3v) is 6.52. The molecule has 1 N–H and O–H groups in total. The summed E-state index contributed by atoms with van der Waals surface area (Å²) in [6.45, 7) is 2.72. The van der Waals surface area contributed by atoms with Gasteiger partial charge in [0.2, 0.25) is 0 Å². The van der Waals surface area contributed by atoms with Crippen molar-refractivity contribution < 1.29 is 9.18 Å². The van der Waals surface area contributed by atoms with E-state index in [0.717, 1.165) is 42.0 Å². The Morgan fingerprint density at radius 2 is 2.09 bits per heavy atom. The van der Waals surface area contributed by atoms with E-state index in [2.05, 4.69) is 31.6 Å². The minimum absolute atomic E-state index is 0.00663. The van der Waals surface area contributed by atoms with Crippen LogP contribution in [-0.2, 0) is 13.0 Å². The number of nitrogens with one attached hydrogen (secondary N) is 1. The first kappa shape index (κ1) is 20.0. The number of hydrogen-bond acceptors (Lipinski definition) is 5. The van der Waals surface area contributed by atoms with Crippen LogP contribution >= 0.6 is 0 Å². The van der Waals surface area contributed by atoms with Crippen LogP contribution < -0.4 is 5.32 Å². The fourth-order valence-corrected chi connectivity index (χ4v) is 4.60. The van der Waals surface area contributed by atoms with E-state index in [0.29, 0.717) is 23.3 Å². The van der Waals surface area contributed by atoms with Crippen LogP contribution in [0.1, 0.15) is 52.5 Å². The summed E-state index contributed by atoms with van der Waals surface area (Å²) in [5, 5.41) is 11.2. The molecule has 0 spiro atoms. The van der Waals surface area contributed by atoms with Crippen molar-refractivity contribution in [3.63, 3.8) is 0 Å². The number of amides is 1. The van der Waals surface area contributed by atoms with Gasteiger partial charge in [-0.15, -0.1) is 10.2 Å². The van der Waals surface area contributed by atoms with Gasteiger partial charge in [-0.25, -0.2) is 9.37 Å². The van der Waals surface area contributed by atoms with E-state index in [1.807, 2.05) is 23.8 Å². The van der Waals surface area contributed by atoms with Crippen LogP contribution in [-0.4, -0.2) is 31.9 Å². The maximum Gasteiger partial charge on any atom is 0.259 e. The molecule has 3 aromatic rings. The highest BCUT2D eigenvalue weighted by Gasteiger charge is 2.30. The second-order valence-corrected chi connectivity index (χ2v) is 8.92. The first-order chi connectivity index (χ1) is 16.1. The number of aromatic nitrogens is 4. The number of hydrogen-bond donors (Lipinski definition) is 1. The Morgan fingerprint density at radius 3 is 2.94 bits per heavy atom. The maximum absolute atomic E-state index is 14.8. The van der Waals surface area contributed by atoms with Crippen molar-refractivity contribution in [2.45, 2.75) is 45.1 Å². The number of pyridine rings is 1. The van der Waals surface area contributed by atoms with Gasteiger partial charge in [0.1, 0.15) is 23.2 Å². The highest BCUT2D eigenvalue weighted by molar-refractivity contribution is 6.04. The van der Waals surface area contributed by atoms with Gasteiger partial charge >= 0.3 is 0 Å². The Labute approximate surface area is 190 Å². The number of anilines is 1. The zero-order chi connectivity index (χ0) is 22.5. The first-order valence-corrected chi connectivity index (χ1v) is 11.3. The summed E-state index contributed by atoms with van der Waals surface area (Å²) >= 11 is 0. The van der Waals surface area contributed by atoms with Gasteiger partial charge < -0.3 is 9.88 Å². The van der Waals surface area contributed by atoms with Crippen LogP contribution in [0.4, 0.5) is 10.2 Å². The van der Waals surface area contributed by atoms with E-state index in [1.54, 1.807) is 18.2 Å². The average molecular weight is 442 g/mol. The molecule has 6 rings (SSSR count). The largest absolute Gasteiger partial charge is 0.310 e. The molecular weight excluding hydrogens is 419 g/mol. The number of aliphatic imine (C=N–C) groups is 1. The molecule has 8 heteroatoms. The van der Waals surface area contributed by atoms with Gasteiger partial charge in [0.25, 0.3) is 5.91 Å². The van der Waals surface area contributed by atoms with Crippen LogP contribution in [0.3, 0.4) is 0 Å². The van der Waals surface area contributed by atoms with Gasteiger partial charge in [0.05, 0.1) is 5.56 Å². The lowest BCUT2D eigenvalue weighted by atomic mass is 9.93. The minimum Gasteiger partial charge on any atom is -0.310 e. The molecule has 1 aliphatic carbocycles. The molecule has 7 nitrogen and oxygen atoms in total. The average Bonchev–Trinajstić information content (AvgIpc) is 3.18. The maximum atomic E-state index is 14.8. The second-order valence-electron chi connectivity index (χ2n) is 8.92. The van der Waals surface area contributed by atoms with E-state index in [-0.39, 0.29) is 11.5 Å². The molecule has 0 saturated heterocycles. The number of carbonyl (C=O) groups is 1. The van der Waals surface area contributed by atoms with Crippen molar-refractivity contribution in [2.24, 2.45) is 10.9 Å². The second kappa shape index (κ2) is 7.72. The van der Waals surface area contributed by atoms with Crippen LogP contribution in [0.5, 0.6) is 0 Å². The van der Waals surface area contributed by atoms with E-state index < -0.39 is 11.7 Å². The van der Waals surface area contributed by atoms with Gasteiger partial charge in [-0.1, -0.05) is 6.07 Å². The van der Waals surface area contributed by atoms with E-state index in [1.165, 1.54) is 18.9 Å². The number of allylic oxidation sites excluding steroid dienone is 2. The summed E-state index contributed by atoms with van der Waals surface area (Å²) in [5.41, 5.74) is 3.42. The fourth-order valence-electron chi connectivity index (χ4n) is 4.60. The van der Waals surface area contributed by atoms with Gasteiger partial charge in [0, 0.05) is 36.7 Å². The third-order valence-electron chi connectivity index (χ3n) is 6.52. The molecule has 166 valence electrons. The quantitative estimate of drug-likeness (QED) is 0.633. The van der Waals surface area contributed by atoms with Crippen molar-refractivity contribution in [3.05, 3.63) is 70.4 Å². The molecule has 1 atom stereocenters. The number of aryl methyl sites for hydroxylation is 2. The third kappa shape index (κ3) is 3.65. The molecule has 4 heterocycles. The Morgan fingerprint density at radius 1 is 1.21 bits per heavy atom. The van der Waals surface area contributed by atoms with E-state index >= 15 is 0 Å². The highest BCUT2D eigenvalue weighted by Crippen LogP contribution is 2.41. The van der Waals surface area contributed by atoms with Crippen LogP contribution in [0.2, 0.25) is 0 Å². The fraction of sp³-hybridized carbons (Fsp3) is 0.320. The molecule has 2 aliphatic heterocycles. The molecule has 33 heavy (non-hydrogen) atoms. The lowest BCUT2D eigenvalue weighted by molar-refractivity contribution is 0.102. The predicted molar refractivity (Wildman–Crippen MR) is 123 cm³/mol. The molecule has 0 radical (unpaired) electrons. The van der Waals surface area contributed by atoms with Crippen molar-refractivity contribution in [1.82, 2.24) is 19.7 Å². The summed E-state index contributed by atoms with van der Waals surface area (Å²) in [5.74, 6) is 1.40. The molecule has 1 fully saturated rings. The number of benzene rings is 1. The van der Waals surface area contributed by atoms with Crippen LogP contribution in [0, 0.1) is 18.7 Å². The van der Waals surface area contributed by atoms with E-state index in [4.69, 9.17) is 0 Å². The number of nitrogens with zero attached hydrogens (tertiary/aromatic N) is 5. The van der Waals surface area contributed by atoms with Crippen molar-refractivity contribution in [3.8, 4) is 11.5 Å². The predicted octanol–water partition coefficient (Wildman–Crippen LogP) is 4.45. The number of halogens is 1. The van der Waals surface area contributed by atoms with Crippen molar-refractivity contribution >= 4 is 17.9 Å². The van der Waals surface area contributed by atoms with Gasteiger partial charge in [-0.2, -0.15) is 0 Å².